The van der Waals surface area contributed by atoms with Crippen molar-refractivity contribution in [2.24, 2.45) is 0 Å². The molecule has 0 saturated carbocycles. The molecule has 2 aromatic carbocycles. The Morgan fingerprint density at radius 2 is 1.89 bits per heavy atom. The summed E-state index contributed by atoms with van der Waals surface area (Å²) in [5, 5.41) is 2.78. The van der Waals surface area contributed by atoms with E-state index >= 15 is 0 Å². The molecule has 3 rings (SSSR count). The van der Waals surface area contributed by atoms with Crippen LogP contribution in [-0.2, 0) is 16.9 Å². The van der Waals surface area contributed by atoms with Crippen molar-refractivity contribution in [3.05, 3.63) is 65.5 Å². The van der Waals surface area contributed by atoms with E-state index in [1.807, 2.05) is 4.90 Å². The van der Waals surface area contributed by atoms with Crippen LogP contribution in [0.2, 0.25) is 0 Å². The fourth-order valence-electron chi connectivity index (χ4n) is 3.15. The van der Waals surface area contributed by atoms with Gasteiger partial charge in [-0.1, -0.05) is 24.3 Å². The average Bonchev–Trinajstić information content (AvgIpc) is 2.88. The molecule has 1 heterocycles. The summed E-state index contributed by atoms with van der Waals surface area (Å²) in [6.45, 7) is 2.29. The number of carbonyl (C=O) groups excluding carboxylic acids is 2. The van der Waals surface area contributed by atoms with E-state index in [0.717, 1.165) is 5.56 Å². The van der Waals surface area contributed by atoms with Gasteiger partial charge in [-0.25, -0.2) is 14.1 Å². The zero-order valence-corrected chi connectivity index (χ0v) is 15.5. The minimum atomic E-state index is -1.15. The van der Waals surface area contributed by atoms with Crippen molar-refractivity contribution in [2.45, 2.75) is 19.0 Å². The van der Waals surface area contributed by atoms with E-state index in [-0.39, 0.29) is 18.4 Å². The molecule has 0 spiro atoms. The van der Waals surface area contributed by atoms with Crippen molar-refractivity contribution < 1.29 is 18.7 Å². The third-order valence-corrected chi connectivity index (χ3v) is 4.67. The third-order valence-electron chi connectivity index (χ3n) is 4.67. The Morgan fingerprint density at radius 3 is 2.56 bits per heavy atom. The largest absolute Gasteiger partial charge is 0.497 e. The smallest absolute Gasteiger partial charge is 0.326 e. The van der Waals surface area contributed by atoms with Crippen LogP contribution in [0.5, 0.6) is 5.75 Å². The van der Waals surface area contributed by atoms with Crippen LogP contribution < -0.4 is 10.1 Å². The molecule has 0 unspecified atom stereocenters. The molecule has 1 N–H and O–H groups in total. The second kappa shape index (κ2) is 7.36. The molecule has 0 radical (unpaired) electrons. The lowest BCUT2D eigenvalue weighted by Crippen LogP contribution is -2.42. The molecule has 0 aliphatic carbocycles. The third kappa shape index (κ3) is 3.78. The topological polar surface area (TPSA) is 61.9 Å². The molecule has 1 saturated heterocycles. The highest BCUT2D eigenvalue weighted by atomic mass is 19.1. The summed E-state index contributed by atoms with van der Waals surface area (Å²) in [7, 11) is 3.35. The minimum Gasteiger partial charge on any atom is -0.497 e. The molecule has 142 valence electrons. The van der Waals surface area contributed by atoms with E-state index in [0.29, 0.717) is 17.9 Å². The molecule has 0 bridgehead atoms. The highest BCUT2D eigenvalue weighted by Gasteiger charge is 2.49. The maximum Gasteiger partial charge on any atom is 0.326 e. The second-order valence-electron chi connectivity index (χ2n) is 6.80. The molecule has 0 aromatic heterocycles. The standard InChI is InChI=1S/C20H22FN3O3/c1-20(15-5-4-6-17(11-15)27-3)18(25)24(19(26)22-20)13-23(2)12-14-7-9-16(21)10-8-14/h4-11H,12-13H2,1-3H3,(H,22,26)/t20-/m0/s1. The van der Waals surface area contributed by atoms with Gasteiger partial charge in [0.2, 0.25) is 0 Å². The molecule has 2 aromatic rings. The van der Waals surface area contributed by atoms with Crippen LogP contribution in [0, 0.1) is 5.82 Å². The molecule has 1 atom stereocenters. The second-order valence-corrected chi connectivity index (χ2v) is 6.80. The molecule has 1 fully saturated rings. The van der Waals surface area contributed by atoms with Crippen LogP contribution in [0.3, 0.4) is 0 Å². The van der Waals surface area contributed by atoms with Gasteiger partial charge in [0.15, 0.2) is 0 Å². The highest BCUT2D eigenvalue weighted by Crippen LogP contribution is 2.31. The first-order chi connectivity index (χ1) is 12.8. The van der Waals surface area contributed by atoms with Gasteiger partial charge < -0.3 is 10.1 Å². The molecule has 1 aliphatic heterocycles. The van der Waals surface area contributed by atoms with Gasteiger partial charge in [0.1, 0.15) is 17.1 Å². The summed E-state index contributed by atoms with van der Waals surface area (Å²) in [5.74, 6) is -0.0149. The Bertz CT molecular complexity index is 856. The highest BCUT2D eigenvalue weighted by molar-refractivity contribution is 6.07. The van der Waals surface area contributed by atoms with E-state index in [1.165, 1.54) is 17.0 Å². The van der Waals surface area contributed by atoms with Gasteiger partial charge in [0.25, 0.3) is 5.91 Å². The maximum absolute atomic E-state index is 13.0. The Morgan fingerprint density at radius 1 is 1.19 bits per heavy atom. The number of ether oxygens (including phenoxy) is 1. The number of methoxy groups -OCH3 is 1. The molecule has 7 heteroatoms. The van der Waals surface area contributed by atoms with Crippen LogP contribution in [-0.4, -0.2) is 42.6 Å². The van der Waals surface area contributed by atoms with Crippen LogP contribution in [0.4, 0.5) is 9.18 Å². The average molecular weight is 371 g/mol. The summed E-state index contributed by atoms with van der Waals surface area (Å²) in [6.07, 6.45) is 0. The van der Waals surface area contributed by atoms with Crippen molar-refractivity contribution in [1.82, 2.24) is 15.1 Å². The summed E-state index contributed by atoms with van der Waals surface area (Å²) >= 11 is 0. The molecule has 1 aliphatic rings. The van der Waals surface area contributed by atoms with Gasteiger partial charge >= 0.3 is 6.03 Å². The van der Waals surface area contributed by atoms with E-state index in [4.69, 9.17) is 4.74 Å². The lowest BCUT2D eigenvalue weighted by atomic mass is 9.92. The number of nitrogens with zero attached hydrogens (tertiary/aromatic N) is 2. The number of hydrogen-bond donors (Lipinski definition) is 1. The Labute approximate surface area is 157 Å². The Balaban J connectivity index is 1.74. The summed E-state index contributed by atoms with van der Waals surface area (Å²) in [4.78, 5) is 28.4. The summed E-state index contributed by atoms with van der Waals surface area (Å²) in [5.41, 5.74) is 0.396. The molecule has 6 nitrogen and oxygen atoms in total. The number of rotatable bonds is 6. The fourth-order valence-corrected chi connectivity index (χ4v) is 3.15. The number of urea groups is 1. The van der Waals surface area contributed by atoms with Gasteiger partial charge in [-0.15, -0.1) is 0 Å². The zero-order valence-electron chi connectivity index (χ0n) is 15.5. The quantitative estimate of drug-likeness (QED) is 0.793. The van der Waals surface area contributed by atoms with Crippen LogP contribution in [0.15, 0.2) is 48.5 Å². The first-order valence-electron chi connectivity index (χ1n) is 8.55. The van der Waals surface area contributed by atoms with Crippen molar-refractivity contribution in [2.75, 3.05) is 20.8 Å². The minimum absolute atomic E-state index is 0.127. The number of benzene rings is 2. The number of nitrogens with one attached hydrogen (secondary N) is 1. The van der Waals surface area contributed by atoms with Gasteiger partial charge in [0.05, 0.1) is 13.8 Å². The number of hydrogen-bond acceptors (Lipinski definition) is 4. The lowest BCUT2D eigenvalue weighted by molar-refractivity contribution is -0.132. The molecule has 27 heavy (non-hydrogen) atoms. The van der Waals surface area contributed by atoms with Gasteiger partial charge in [0, 0.05) is 6.54 Å². The molecular formula is C20H22FN3O3. The predicted octanol–water partition coefficient (Wildman–Crippen LogP) is 2.69. The number of amides is 3. The Kier molecular flexibility index (Phi) is 5.14. The molecule has 3 amide bonds. The number of halogens is 1. The van der Waals surface area contributed by atoms with Gasteiger partial charge in [-0.2, -0.15) is 0 Å². The lowest BCUT2D eigenvalue weighted by Gasteiger charge is -2.25. The zero-order chi connectivity index (χ0) is 19.6. The Hall–Kier alpha value is -2.93. The first-order valence-corrected chi connectivity index (χ1v) is 8.55. The number of imide groups is 1. The van der Waals surface area contributed by atoms with E-state index in [2.05, 4.69) is 5.32 Å². The van der Waals surface area contributed by atoms with E-state index < -0.39 is 11.6 Å². The predicted molar refractivity (Wildman–Crippen MR) is 98.5 cm³/mol. The van der Waals surface area contributed by atoms with Crippen LogP contribution in [0.25, 0.3) is 0 Å². The maximum atomic E-state index is 13.0. The number of carbonyl (C=O) groups is 2. The molecular weight excluding hydrogens is 349 g/mol. The van der Waals surface area contributed by atoms with Crippen molar-refractivity contribution >= 4 is 11.9 Å². The fraction of sp³-hybridized carbons (Fsp3) is 0.300. The van der Waals surface area contributed by atoms with E-state index in [1.54, 1.807) is 57.5 Å². The van der Waals surface area contributed by atoms with Crippen LogP contribution >= 0.6 is 0 Å². The van der Waals surface area contributed by atoms with E-state index in [9.17, 15) is 14.0 Å². The van der Waals surface area contributed by atoms with Crippen molar-refractivity contribution in [3.63, 3.8) is 0 Å². The van der Waals surface area contributed by atoms with Crippen molar-refractivity contribution in [1.29, 1.82) is 0 Å². The van der Waals surface area contributed by atoms with Crippen LogP contribution in [0.1, 0.15) is 18.1 Å². The monoisotopic (exact) mass is 371 g/mol. The summed E-state index contributed by atoms with van der Waals surface area (Å²) in [6, 6.07) is 12.8. The SMILES string of the molecule is COc1cccc([C@]2(C)NC(=O)N(CN(C)Cc3ccc(F)cc3)C2=O)c1. The normalized spacial score (nSPS) is 19.5. The first kappa shape index (κ1) is 18.8. The summed E-state index contributed by atoms with van der Waals surface area (Å²) < 4.78 is 18.2. The van der Waals surface area contributed by atoms with Crippen molar-refractivity contribution in [3.8, 4) is 5.75 Å². The van der Waals surface area contributed by atoms with Gasteiger partial charge in [-0.05, 0) is 49.4 Å². The van der Waals surface area contributed by atoms with Gasteiger partial charge in [-0.3, -0.25) is 9.69 Å².